The van der Waals surface area contributed by atoms with Crippen molar-refractivity contribution in [1.29, 1.82) is 5.26 Å². The van der Waals surface area contributed by atoms with Crippen LogP contribution in [0.2, 0.25) is 0 Å². The molecule has 0 radical (unpaired) electrons. The summed E-state index contributed by atoms with van der Waals surface area (Å²) in [5.41, 5.74) is 2.24. The van der Waals surface area contributed by atoms with Gasteiger partial charge in [-0.05, 0) is 5.56 Å². The van der Waals surface area contributed by atoms with Gasteiger partial charge in [-0.1, -0.05) is 30.3 Å². The molecule has 0 saturated carbocycles. The van der Waals surface area contributed by atoms with Crippen LogP contribution in [0.1, 0.15) is 12.0 Å². The van der Waals surface area contributed by atoms with Crippen LogP contribution in [0.15, 0.2) is 35.4 Å². The van der Waals surface area contributed by atoms with Crippen LogP contribution in [0.4, 0.5) is 0 Å². The van der Waals surface area contributed by atoms with Gasteiger partial charge in [0, 0.05) is 13.0 Å². The summed E-state index contributed by atoms with van der Waals surface area (Å²) >= 11 is 0. The van der Waals surface area contributed by atoms with Gasteiger partial charge < -0.3 is 0 Å². The van der Waals surface area contributed by atoms with Gasteiger partial charge in [0.05, 0.1) is 11.8 Å². The smallest absolute Gasteiger partial charge is 0.123 e. The van der Waals surface area contributed by atoms with Crippen LogP contribution in [-0.2, 0) is 0 Å². The zero-order chi connectivity index (χ0) is 9.80. The molecule has 0 aliphatic carbocycles. The van der Waals surface area contributed by atoms with Crippen LogP contribution in [0.5, 0.6) is 0 Å². The summed E-state index contributed by atoms with van der Waals surface area (Å²) in [4.78, 5) is 0. The van der Waals surface area contributed by atoms with Crippen LogP contribution in [0, 0.1) is 11.3 Å². The minimum atomic E-state index is 0.385. The molecule has 0 aromatic heterocycles. The molecule has 0 amide bonds. The first-order chi connectivity index (χ1) is 6.90. The predicted molar refractivity (Wildman–Crippen MR) is 54.8 cm³/mol. The lowest BCUT2D eigenvalue weighted by Gasteiger charge is -2.05. The van der Waals surface area contributed by atoms with Gasteiger partial charge in [0.25, 0.3) is 0 Å². The fraction of sp³-hybridized carbons (Fsp3) is 0.273. The third kappa shape index (κ3) is 1.74. The van der Waals surface area contributed by atoms with Crippen molar-refractivity contribution >= 4 is 5.71 Å². The van der Waals surface area contributed by atoms with Gasteiger partial charge in [-0.2, -0.15) is 10.4 Å². The van der Waals surface area contributed by atoms with Crippen molar-refractivity contribution in [1.82, 2.24) is 5.01 Å². The molecule has 3 heteroatoms. The Morgan fingerprint density at radius 3 is 2.86 bits per heavy atom. The van der Waals surface area contributed by atoms with Crippen molar-refractivity contribution in [3.8, 4) is 6.07 Å². The van der Waals surface area contributed by atoms with Crippen molar-refractivity contribution in [2.24, 2.45) is 5.10 Å². The number of hydrogen-bond acceptors (Lipinski definition) is 3. The lowest BCUT2D eigenvalue weighted by molar-refractivity contribution is 0.358. The average molecular weight is 185 g/mol. The van der Waals surface area contributed by atoms with Crippen LogP contribution in [-0.4, -0.2) is 23.8 Å². The molecule has 3 nitrogen and oxygen atoms in total. The van der Waals surface area contributed by atoms with E-state index in [2.05, 4.69) is 23.3 Å². The van der Waals surface area contributed by atoms with E-state index in [1.165, 1.54) is 0 Å². The van der Waals surface area contributed by atoms with Crippen LogP contribution < -0.4 is 0 Å². The Labute approximate surface area is 83.3 Å². The van der Waals surface area contributed by atoms with E-state index < -0.39 is 0 Å². The van der Waals surface area contributed by atoms with Gasteiger partial charge in [-0.25, -0.2) is 0 Å². The normalized spacial score (nSPS) is 15.1. The van der Waals surface area contributed by atoms with Crippen molar-refractivity contribution in [2.45, 2.75) is 6.42 Å². The molecule has 0 atom stereocenters. The monoisotopic (exact) mass is 185 g/mol. The Balaban J connectivity index is 2.15. The summed E-state index contributed by atoms with van der Waals surface area (Å²) in [7, 11) is 0. The molecule has 0 unspecified atom stereocenters. The standard InChI is InChI=1S/C11H11N3/c12-7-9-14-8-6-11(13-14)10-4-2-1-3-5-10/h1-5H,6,8-9H2. The molecule has 0 spiro atoms. The number of nitriles is 1. The largest absolute Gasteiger partial charge is 0.282 e. The molecule has 1 aromatic carbocycles. The molecule has 1 aliphatic heterocycles. The van der Waals surface area contributed by atoms with Gasteiger partial charge in [0.2, 0.25) is 0 Å². The van der Waals surface area contributed by atoms with Crippen molar-refractivity contribution < 1.29 is 0 Å². The second-order valence-corrected chi connectivity index (χ2v) is 3.21. The fourth-order valence-electron chi connectivity index (χ4n) is 1.53. The minimum Gasteiger partial charge on any atom is -0.282 e. The highest BCUT2D eigenvalue weighted by molar-refractivity contribution is 6.01. The molecule has 2 rings (SSSR count). The van der Waals surface area contributed by atoms with Crippen LogP contribution in [0.3, 0.4) is 0 Å². The maximum atomic E-state index is 8.52. The van der Waals surface area contributed by atoms with E-state index in [4.69, 9.17) is 5.26 Å². The minimum absolute atomic E-state index is 0.385. The first kappa shape index (κ1) is 8.76. The summed E-state index contributed by atoms with van der Waals surface area (Å²) in [5, 5.41) is 14.7. The van der Waals surface area contributed by atoms with Gasteiger partial charge in [0.1, 0.15) is 6.54 Å². The molecular weight excluding hydrogens is 174 g/mol. The fourth-order valence-corrected chi connectivity index (χ4v) is 1.53. The highest BCUT2D eigenvalue weighted by atomic mass is 15.5. The van der Waals surface area contributed by atoms with E-state index in [0.717, 1.165) is 24.2 Å². The van der Waals surface area contributed by atoms with E-state index in [9.17, 15) is 0 Å². The van der Waals surface area contributed by atoms with Gasteiger partial charge in [0.15, 0.2) is 0 Å². The zero-order valence-corrected chi connectivity index (χ0v) is 7.85. The van der Waals surface area contributed by atoms with E-state index in [0.29, 0.717) is 6.54 Å². The second-order valence-electron chi connectivity index (χ2n) is 3.21. The first-order valence-electron chi connectivity index (χ1n) is 4.65. The summed E-state index contributed by atoms with van der Waals surface area (Å²) in [5.74, 6) is 0. The number of benzene rings is 1. The second kappa shape index (κ2) is 3.93. The van der Waals surface area contributed by atoms with Crippen molar-refractivity contribution in [2.75, 3.05) is 13.1 Å². The summed E-state index contributed by atoms with van der Waals surface area (Å²) < 4.78 is 0. The Morgan fingerprint density at radius 1 is 1.36 bits per heavy atom. The lowest BCUT2D eigenvalue weighted by Crippen LogP contribution is -2.13. The molecule has 0 bridgehead atoms. The van der Waals surface area contributed by atoms with E-state index in [1.54, 1.807) is 0 Å². The van der Waals surface area contributed by atoms with Gasteiger partial charge >= 0.3 is 0 Å². The van der Waals surface area contributed by atoms with Crippen molar-refractivity contribution in [3.05, 3.63) is 35.9 Å². The highest BCUT2D eigenvalue weighted by Gasteiger charge is 2.14. The van der Waals surface area contributed by atoms with Crippen LogP contribution in [0.25, 0.3) is 0 Å². The third-order valence-corrected chi connectivity index (χ3v) is 2.23. The van der Waals surface area contributed by atoms with E-state index >= 15 is 0 Å². The van der Waals surface area contributed by atoms with Crippen molar-refractivity contribution in [3.63, 3.8) is 0 Å². The van der Waals surface area contributed by atoms with Crippen LogP contribution >= 0.6 is 0 Å². The number of hydrogen-bond donors (Lipinski definition) is 0. The van der Waals surface area contributed by atoms with Gasteiger partial charge in [-0.3, -0.25) is 5.01 Å². The average Bonchev–Trinajstić information content (AvgIpc) is 2.68. The molecule has 14 heavy (non-hydrogen) atoms. The highest BCUT2D eigenvalue weighted by Crippen LogP contribution is 2.12. The zero-order valence-electron chi connectivity index (χ0n) is 7.85. The molecule has 1 heterocycles. The Morgan fingerprint density at radius 2 is 2.14 bits per heavy atom. The topological polar surface area (TPSA) is 39.4 Å². The van der Waals surface area contributed by atoms with E-state index in [1.807, 2.05) is 23.2 Å². The predicted octanol–water partition coefficient (Wildman–Crippen LogP) is 1.62. The maximum Gasteiger partial charge on any atom is 0.123 e. The Hall–Kier alpha value is -1.82. The molecule has 0 fully saturated rings. The SMILES string of the molecule is N#CCN1CCC(c2ccccc2)=N1. The molecule has 1 aliphatic rings. The quantitative estimate of drug-likeness (QED) is 0.657. The third-order valence-electron chi connectivity index (χ3n) is 2.23. The lowest BCUT2D eigenvalue weighted by atomic mass is 10.1. The Kier molecular flexibility index (Phi) is 2.46. The number of nitrogens with zero attached hydrogens (tertiary/aromatic N) is 3. The molecule has 0 saturated heterocycles. The molecule has 0 N–H and O–H groups in total. The first-order valence-corrected chi connectivity index (χ1v) is 4.65. The molecular formula is C11H11N3. The van der Waals surface area contributed by atoms with E-state index in [-0.39, 0.29) is 0 Å². The molecule has 70 valence electrons. The number of rotatable bonds is 2. The Bertz CT molecular complexity index is 375. The molecule has 1 aromatic rings. The summed E-state index contributed by atoms with van der Waals surface area (Å²) in [6.45, 7) is 1.24. The maximum absolute atomic E-state index is 8.52. The number of hydrazone groups is 1. The summed E-state index contributed by atoms with van der Waals surface area (Å²) in [6, 6.07) is 12.2. The summed E-state index contributed by atoms with van der Waals surface area (Å²) in [6.07, 6.45) is 0.936. The van der Waals surface area contributed by atoms with Gasteiger partial charge in [-0.15, -0.1) is 0 Å².